The molecule has 7 heteroatoms. The maximum absolute atomic E-state index is 11.2. The van der Waals surface area contributed by atoms with Gasteiger partial charge in [-0.1, -0.05) is 23.2 Å². The molecule has 5 nitrogen and oxygen atoms in total. The fourth-order valence-corrected chi connectivity index (χ4v) is 3.92. The van der Waals surface area contributed by atoms with Gasteiger partial charge in [-0.3, -0.25) is 9.69 Å². The molecular weight excluding hydrogens is 397 g/mol. The van der Waals surface area contributed by atoms with E-state index >= 15 is 0 Å². The van der Waals surface area contributed by atoms with Crippen LogP contribution in [0.4, 0.5) is 0 Å². The van der Waals surface area contributed by atoms with Gasteiger partial charge in [0.25, 0.3) is 0 Å². The van der Waals surface area contributed by atoms with Gasteiger partial charge in [-0.2, -0.15) is 5.26 Å². The van der Waals surface area contributed by atoms with Crippen molar-refractivity contribution in [1.82, 2.24) is 9.88 Å². The molecule has 146 valence electrons. The fraction of sp³-hybridized carbons (Fsp3) is 0.381. The molecule has 0 radical (unpaired) electrons. The molecule has 1 heterocycles. The minimum Gasteiger partial charge on any atom is -0.490 e. The summed E-state index contributed by atoms with van der Waals surface area (Å²) in [5, 5.41) is 9.76. The van der Waals surface area contributed by atoms with Gasteiger partial charge in [-0.25, -0.2) is 4.98 Å². The van der Waals surface area contributed by atoms with Crippen molar-refractivity contribution in [3.05, 3.63) is 57.3 Å². The van der Waals surface area contributed by atoms with Crippen molar-refractivity contribution in [1.29, 1.82) is 5.26 Å². The number of aromatic nitrogens is 1. The first kappa shape index (κ1) is 20.6. The van der Waals surface area contributed by atoms with Crippen molar-refractivity contribution in [2.45, 2.75) is 44.4 Å². The first-order chi connectivity index (χ1) is 13.5. The molecule has 3 rings (SSSR count). The number of rotatable bonds is 6. The van der Waals surface area contributed by atoms with Gasteiger partial charge in [-0.05, 0) is 57.0 Å². The molecule has 0 aliphatic heterocycles. The minimum atomic E-state index is 0.128. The molecule has 1 aromatic carbocycles. The molecule has 1 aliphatic carbocycles. The molecule has 0 atom stereocenters. The number of halogens is 2. The summed E-state index contributed by atoms with van der Waals surface area (Å²) in [7, 11) is 2.05. The first-order valence-corrected chi connectivity index (χ1v) is 9.93. The average Bonchev–Trinajstić information content (AvgIpc) is 2.69. The Morgan fingerprint density at radius 2 is 2.00 bits per heavy atom. The predicted octanol–water partition coefficient (Wildman–Crippen LogP) is 4.89. The Hall–Kier alpha value is -2.13. The third-order valence-corrected chi connectivity index (χ3v) is 5.66. The van der Waals surface area contributed by atoms with Crippen LogP contribution in [0.15, 0.2) is 30.3 Å². The van der Waals surface area contributed by atoms with Crippen molar-refractivity contribution in [2.24, 2.45) is 0 Å². The predicted molar refractivity (Wildman–Crippen MR) is 109 cm³/mol. The monoisotopic (exact) mass is 417 g/mol. The standard InChI is InChI=1S/C21H21Cl2N3O2/c1-26(12-20-15(13-27)3-9-21(23)25-20)16-4-7-17(8-5-16)28-18-6-2-14(11-24)19(22)10-18/h2-3,6,9-10,13,16-17H,4-5,7-8,12H2,1H3. The molecule has 1 saturated carbocycles. The van der Waals surface area contributed by atoms with E-state index in [1.54, 1.807) is 30.3 Å². The third kappa shape index (κ3) is 5.02. The van der Waals surface area contributed by atoms with Crippen molar-refractivity contribution in [3.8, 4) is 11.8 Å². The van der Waals surface area contributed by atoms with Crippen LogP contribution >= 0.6 is 23.2 Å². The summed E-state index contributed by atoms with van der Waals surface area (Å²) in [6, 6.07) is 10.9. The first-order valence-electron chi connectivity index (χ1n) is 9.17. The summed E-state index contributed by atoms with van der Waals surface area (Å²) in [4.78, 5) is 17.8. The lowest BCUT2D eigenvalue weighted by Crippen LogP contribution is -2.37. The van der Waals surface area contributed by atoms with Gasteiger partial charge in [0, 0.05) is 24.2 Å². The minimum absolute atomic E-state index is 0.128. The van der Waals surface area contributed by atoms with Crippen molar-refractivity contribution < 1.29 is 9.53 Å². The van der Waals surface area contributed by atoms with Gasteiger partial charge in [0.05, 0.1) is 22.4 Å². The maximum Gasteiger partial charge on any atom is 0.151 e. The highest BCUT2D eigenvalue weighted by Gasteiger charge is 2.26. The van der Waals surface area contributed by atoms with Crippen LogP contribution in [-0.4, -0.2) is 35.4 Å². The number of nitriles is 1. The Labute approximate surface area is 174 Å². The lowest BCUT2D eigenvalue weighted by atomic mass is 9.92. The molecular formula is C21H21Cl2N3O2. The molecule has 1 aromatic heterocycles. The van der Waals surface area contributed by atoms with Gasteiger partial charge in [-0.15, -0.1) is 0 Å². The normalized spacial score (nSPS) is 19.2. The number of nitrogens with zero attached hydrogens (tertiary/aromatic N) is 3. The van der Waals surface area contributed by atoms with Gasteiger partial charge in [0.1, 0.15) is 17.0 Å². The molecule has 0 spiro atoms. The van der Waals surface area contributed by atoms with E-state index in [4.69, 9.17) is 33.2 Å². The largest absolute Gasteiger partial charge is 0.490 e. The molecule has 0 amide bonds. The van der Waals surface area contributed by atoms with E-state index in [1.165, 1.54) is 0 Å². The number of carbonyl (C=O) groups is 1. The Balaban J connectivity index is 1.55. The van der Waals surface area contributed by atoms with Crippen molar-refractivity contribution in [3.63, 3.8) is 0 Å². The van der Waals surface area contributed by atoms with E-state index in [0.717, 1.165) is 32.0 Å². The molecule has 0 bridgehead atoms. The number of carbonyl (C=O) groups excluding carboxylic acids is 1. The van der Waals surface area contributed by atoms with E-state index < -0.39 is 0 Å². The quantitative estimate of drug-likeness (QED) is 0.494. The lowest BCUT2D eigenvalue weighted by molar-refractivity contribution is 0.0969. The number of ether oxygens (including phenoxy) is 1. The van der Waals surface area contributed by atoms with E-state index in [0.29, 0.717) is 45.3 Å². The van der Waals surface area contributed by atoms with Gasteiger partial charge < -0.3 is 4.74 Å². The highest BCUT2D eigenvalue weighted by atomic mass is 35.5. The molecule has 2 aromatic rings. The van der Waals surface area contributed by atoms with Gasteiger partial charge in [0.15, 0.2) is 6.29 Å². The van der Waals surface area contributed by atoms with Crippen LogP contribution in [0.3, 0.4) is 0 Å². The van der Waals surface area contributed by atoms with Crippen LogP contribution in [0.5, 0.6) is 5.75 Å². The summed E-state index contributed by atoms with van der Waals surface area (Å²) in [5.41, 5.74) is 1.73. The maximum atomic E-state index is 11.2. The number of benzene rings is 1. The van der Waals surface area contributed by atoms with Crippen LogP contribution < -0.4 is 4.74 Å². The molecule has 28 heavy (non-hydrogen) atoms. The smallest absolute Gasteiger partial charge is 0.151 e. The summed E-state index contributed by atoms with van der Waals surface area (Å²) in [6.07, 6.45) is 4.78. The second-order valence-corrected chi connectivity index (χ2v) is 7.80. The van der Waals surface area contributed by atoms with Gasteiger partial charge in [0.2, 0.25) is 0 Å². The zero-order valence-electron chi connectivity index (χ0n) is 15.6. The molecule has 0 unspecified atom stereocenters. The topological polar surface area (TPSA) is 66.2 Å². The third-order valence-electron chi connectivity index (χ3n) is 5.13. The number of hydrogen-bond donors (Lipinski definition) is 0. The van der Waals surface area contributed by atoms with Crippen LogP contribution in [0.2, 0.25) is 10.2 Å². The molecule has 1 fully saturated rings. The summed E-state index contributed by atoms with van der Waals surface area (Å²) in [6.45, 7) is 0.579. The van der Waals surface area contributed by atoms with E-state index in [9.17, 15) is 4.79 Å². The van der Waals surface area contributed by atoms with E-state index in [2.05, 4.69) is 9.88 Å². The second-order valence-electron chi connectivity index (χ2n) is 7.00. The fourth-order valence-electron chi connectivity index (χ4n) is 3.54. The Morgan fingerprint density at radius 3 is 2.64 bits per heavy atom. The van der Waals surface area contributed by atoms with E-state index in [-0.39, 0.29) is 6.10 Å². The van der Waals surface area contributed by atoms with Crippen LogP contribution in [-0.2, 0) is 6.54 Å². The highest BCUT2D eigenvalue weighted by Crippen LogP contribution is 2.29. The average molecular weight is 418 g/mol. The molecule has 1 aliphatic rings. The summed E-state index contributed by atoms with van der Waals surface area (Å²) in [5.74, 6) is 0.694. The highest BCUT2D eigenvalue weighted by molar-refractivity contribution is 6.31. The Bertz CT molecular complexity index is 890. The number of hydrogen-bond acceptors (Lipinski definition) is 5. The zero-order chi connectivity index (χ0) is 20.1. The zero-order valence-corrected chi connectivity index (χ0v) is 17.1. The lowest BCUT2D eigenvalue weighted by Gasteiger charge is -2.34. The second kappa shape index (κ2) is 9.38. The Kier molecular flexibility index (Phi) is 6.90. The van der Waals surface area contributed by atoms with Crippen LogP contribution in [0, 0.1) is 11.3 Å². The molecule has 0 N–H and O–H groups in total. The van der Waals surface area contributed by atoms with Crippen LogP contribution in [0.1, 0.15) is 47.3 Å². The van der Waals surface area contributed by atoms with E-state index in [1.807, 2.05) is 13.1 Å². The van der Waals surface area contributed by atoms with Crippen LogP contribution in [0.25, 0.3) is 0 Å². The summed E-state index contributed by atoms with van der Waals surface area (Å²) >= 11 is 12.1. The van der Waals surface area contributed by atoms with Crippen molar-refractivity contribution in [2.75, 3.05) is 7.05 Å². The Morgan fingerprint density at radius 1 is 1.25 bits per heavy atom. The molecule has 0 saturated heterocycles. The summed E-state index contributed by atoms with van der Waals surface area (Å²) < 4.78 is 6.05. The van der Waals surface area contributed by atoms with Gasteiger partial charge >= 0.3 is 0 Å². The SMILES string of the molecule is CN(Cc1nc(Cl)ccc1C=O)C1CCC(Oc2ccc(C#N)c(Cl)c2)CC1. The van der Waals surface area contributed by atoms with Crippen molar-refractivity contribution >= 4 is 29.5 Å². The number of aldehydes is 1. The number of pyridine rings is 1.